The maximum atomic E-state index is 12.8. The zero-order valence-electron chi connectivity index (χ0n) is 16.2. The van der Waals surface area contributed by atoms with Crippen LogP contribution in [0.15, 0.2) is 48.7 Å². The molecule has 0 aliphatic carbocycles. The van der Waals surface area contributed by atoms with E-state index in [1.54, 1.807) is 36.3 Å². The SMILES string of the molecule is CNC(=O)c1ccc(C)c(NC(=O)CC2c3ccccc3C=CN2C(C)=O)c1. The summed E-state index contributed by atoms with van der Waals surface area (Å²) in [6.07, 6.45) is 3.72. The molecule has 0 fully saturated rings. The van der Waals surface area contributed by atoms with E-state index >= 15 is 0 Å². The van der Waals surface area contributed by atoms with Gasteiger partial charge in [-0.1, -0.05) is 30.3 Å². The van der Waals surface area contributed by atoms with Crippen LogP contribution < -0.4 is 10.6 Å². The molecular formula is C22H23N3O3. The number of fused-ring (bicyclic) bond motifs is 1. The largest absolute Gasteiger partial charge is 0.355 e. The molecule has 3 rings (SSSR count). The van der Waals surface area contributed by atoms with Crippen LogP contribution in [-0.2, 0) is 9.59 Å². The number of carbonyl (C=O) groups is 3. The van der Waals surface area contributed by atoms with Crippen LogP contribution in [-0.4, -0.2) is 29.7 Å². The van der Waals surface area contributed by atoms with Crippen molar-refractivity contribution in [3.05, 3.63) is 70.9 Å². The van der Waals surface area contributed by atoms with Crippen LogP contribution in [0.3, 0.4) is 0 Å². The predicted molar refractivity (Wildman–Crippen MR) is 109 cm³/mol. The fraction of sp³-hybridized carbons (Fsp3) is 0.227. The molecule has 0 saturated heterocycles. The smallest absolute Gasteiger partial charge is 0.251 e. The summed E-state index contributed by atoms with van der Waals surface area (Å²) in [6.45, 7) is 3.35. The number of amides is 3. The first-order chi connectivity index (χ1) is 13.4. The third-order valence-corrected chi connectivity index (χ3v) is 4.85. The Kier molecular flexibility index (Phi) is 5.59. The Morgan fingerprint density at radius 1 is 1.11 bits per heavy atom. The lowest BCUT2D eigenvalue weighted by atomic mass is 9.93. The maximum Gasteiger partial charge on any atom is 0.251 e. The molecule has 0 radical (unpaired) electrons. The van der Waals surface area contributed by atoms with Crippen molar-refractivity contribution in [1.82, 2.24) is 10.2 Å². The number of nitrogens with one attached hydrogen (secondary N) is 2. The Morgan fingerprint density at radius 3 is 2.57 bits per heavy atom. The lowest BCUT2D eigenvalue weighted by Crippen LogP contribution is -2.33. The summed E-state index contributed by atoms with van der Waals surface area (Å²) in [5.41, 5.74) is 3.84. The maximum absolute atomic E-state index is 12.8. The molecule has 2 aromatic carbocycles. The Bertz CT molecular complexity index is 965. The Balaban J connectivity index is 1.83. The van der Waals surface area contributed by atoms with Gasteiger partial charge in [-0.2, -0.15) is 0 Å². The van der Waals surface area contributed by atoms with Crippen LogP contribution in [0.4, 0.5) is 5.69 Å². The summed E-state index contributed by atoms with van der Waals surface area (Å²) in [5, 5.41) is 5.46. The second-order valence-corrected chi connectivity index (χ2v) is 6.75. The zero-order valence-corrected chi connectivity index (χ0v) is 16.2. The summed E-state index contributed by atoms with van der Waals surface area (Å²) in [6, 6.07) is 12.5. The van der Waals surface area contributed by atoms with E-state index in [1.165, 1.54) is 6.92 Å². The fourth-order valence-electron chi connectivity index (χ4n) is 3.33. The number of hydrogen-bond acceptors (Lipinski definition) is 3. The average molecular weight is 377 g/mol. The summed E-state index contributed by atoms with van der Waals surface area (Å²) in [4.78, 5) is 38.3. The number of anilines is 1. The van der Waals surface area contributed by atoms with E-state index in [0.717, 1.165) is 16.7 Å². The number of rotatable bonds is 4. The molecule has 6 heteroatoms. The highest BCUT2D eigenvalue weighted by Gasteiger charge is 2.28. The summed E-state index contributed by atoms with van der Waals surface area (Å²) >= 11 is 0. The molecule has 2 aromatic rings. The van der Waals surface area contributed by atoms with E-state index in [0.29, 0.717) is 11.3 Å². The minimum atomic E-state index is -0.374. The van der Waals surface area contributed by atoms with Crippen molar-refractivity contribution in [2.75, 3.05) is 12.4 Å². The van der Waals surface area contributed by atoms with Crippen LogP contribution in [0.2, 0.25) is 0 Å². The molecule has 1 unspecified atom stereocenters. The second-order valence-electron chi connectivity index (χ2n) is 6.75. The standard InChI is InChI=1S/C22H23N3O3/c1-14-8-9-17(22(28)23-3)12-19(14)24-21(27)13-20-18-7-5-4-6-16(18)10-11-25(20)15(2)26/h4-12,20H,13H2,1-3H3,(H,23,28)(H,24,27). The Hall–Kier alpha value is -3.41. The van der Waals surface area contributed by atoms with Gasteiger partial charge in [0.25, 0.3) is 5.91 Å². The lowest BCUT2D eigenvalue weighted by Gasteiger charge is -2.32. The molecule has 2 N–H and O–H groups in total. The first-order valence-corrected chi connectivity index (χ1v) is 9.09. The first-order valence-electron chi connectivity index (χ1n) is 9.09. The summed E-state index contributed by atoms with van der Waals surface area (Å²) < 4.78 is 0. The molecule has 0 saturated carbocycles. The van der Waals surface area contributed by atoms with Crippen molar-refractivity contribution in [3.63, 3.8) is 0 Å². The molecule has 1 aliphatic rings. The van der Waals surface area contributed by atoms with Gasteiger partial charge in [0.05, 0.1) is 12.5 Å². The fourth-order valence-corrected chi connectivity index (χ4v) is 3.33. The molecule has 1 atom stereocenters. The molecular weight excluding hydrogens is 354 g/mol. The van der Waals surface area contributed by atoms with Crippen LogP contribution in [0.1, 0.15) is 46.4 Å². The molecule has 0 spiro atoms. The van der Waals surface area contributed by atoms with Crippen LogP contribution in [0, 0.1) is 6.92 Å². The van der Waals surface area contributed by atoms with E-state index in [4.69, 9.17) is 0 Å². The third kappa shape index (κ3) is 3.96. The quantitative estimate of drug-likeness (QED) is 0.858. The number of nitrogens with zero attached hydrogens (tertiary/aromatic N) is 1. The van der Waals surface area contributed by atoms with Gasteiger partial charge >= 0.3 is 0 Å². The molecule has 6 nitrogen and oxygen atoms in total. The highest BCUT2D eigenvalue weighted by Crippen LogP contribution is 2.33. The van der Waals surface area contributed by atoms with Crippen molar-refractivity contribution < 1.29 is 14.4 Å². The summed E-state index contributed by atoms with van der Waals surface area (Å²) in [5.74, 6) is -0.565. The first kappa shape index (κ1) is 19.4. The van der Waals surface area contributed by atoms with Gasteiger partial charge < -0.3 is 15.5 Å². The molecule has 0 aromatic heterocycles. The van der Waals surface area contributed by atoms with Crippen molar-refractivity contribution in [2.24, 2.45) is 0 Å². The number of hydrogen-bond donors (Lipinski definition) is 2. The van der Waals surface area contributed by atoms with Crippen molar-refractivity contribution >= 4 is 29.5 Å². The van der Waals surface area contributed by atoms with Crippen molar-refractivity contribution in [2.45, 2.75) is 26.3 Å². The minimum Gasteiger partial charge on any atom is -0.355 e. The van der Waals surface area contributed by atoms with Gasteiger partial charge in [-0.3, -0.25) is 14.4 Å². The third-order valence-electron chi connectivity index (χ3n) is 4.85. The molecule has 1 heterocycles. The van der Waals surface area contributed by atoms with E-state index in [-0.39, 0.29) is 30.2 Å². The highest BCUT2D eigenvalue weighted by atomic mass is 16.2. The van der Waals surface area contributed by atoms with Gasteiger partial charge in [0, 0.05) is 31.4 Å². The molecule has 1 aliphatic heterocycles. The Morgan fingerprint density at radius 2 is 1.86 bits per heavy atom. The van der Waals surface area contributed by atoms with Gasteiger partial charge in [-0.25, -0.2) is 0 Å². The monoisotopic (exact) mass is 377 g/mol. The highest BCUT2D eigenvalue weighted by molar-refractivity contribution is 5.98. The van der Waals surface area contributed by atoms with E-state index in [9.17, 15) is 14.4 Å². The average Bonchev–Trinajstić information content (AvgIpc) is 2.69. The van der Waals surface area contributed by atoms with E-state index in [2.05, 4.69) is 10.6 Å². The van der Waals surface area contributed by atoms with Crippen LogP contribution in [0.25, 0.3) is 6.08 Å². The molecule has 3 amide bonds. The lowest BCUT2D eigenvalue weighted by molar-refractivity contribution is -0.129. The predicted octanol–water partition coefficient (Wildman–Crippen LogP) is 3.26. The van der Waals surface area contributed by atoms with E-state index in [1.807, 2.05) is 37.3 Å². The van der Waals surface area contributed by atoms with Gasteiger partial charge in [0.1, 0.15) is 0 Å². The molecule has 0 bridgehead atoms. The van der Waals surface area contributed by atoms with Crippen LogP contribution in [0.5, 0.6) is 0 Å². The summed E-state index contributed by atoms with van der Waals surface area (Å²) in [7, 11) is 1.56. The molecule has 28 heavy (non-hydrogen) atoms. The minimum absolute atomic E-state index is 0.116. The van der Waals surface area contributed by atoms with Crippen LogP contribution >= 0.6 is 0 Å². The van der Waals surface area contributed by atoms with Gasteiger partial charge in [-0.05, 0) is 41.8 Å². The van der Waals surface area contributed by atoms with Crippen molar-refractivity contribution in [1.29, 1.82) is 0 Å². The van der Waals surface area contributed by atoms with Gasteiger partial charge in [0.15, 0.2) is 0 Å². The number of benzene rings is 2. The zero-order chi connectivity index (χ0) is 20.3. The van der Waals surface area contributed by atoms with Gasteiger partial charge in [-0.15, -0.1) is 0 Å². The second kappa shape index (κ2) is 8.08. The topological polar surface area (TPSA) is 78.5 Å². The number of aryl methyl sites for hydroxylation is 1. The molecule has 144 valence electrons. The number of carbonyl (C=O) groups excluding carboxylic acids is 3. The van der Waals surface area contributed by atoms with Crippen molar-refractivity contribution in [3.8, 4) is 0 Å². The van der Waals surface area contributed by atoms with Gasteiger partial charge in [0.2, 0.25) is 11.8 Å². The Labute approximate surface area is 164 Å². The van der Waals surface area contributed by atoms with E-state index < -0.39 is 0 Å². The normalized spacial score (nSPS) is 15.0.